The normalized spacial score (nSPS) is 17.7. The van der Waals surface area contributed by atoms with Crippen LogP contribution in [-0.2, 0) is 4.79 Å². The van der Waals surface area contributed by atoms with Crippen molar-refractivity contribution in [2.45, 2.75) is 25.8 Å². The van der Waals surface area contributed by atoms with Gasteiger partial charge in [-0.05, 0) is 31.9 Å². The van der Waals surface area contributed by atoms with Crippen LogP contribution in [0.2, 0.25) is 5.02 Å². The highest BCUT2D eigenvalue weighted by Gasteiger charge is 2.33. The summed E-state index contributed by atoms with van der Waals surface area (Å²) in [6.45, 7) is 2.94. The van der Waals surface area contributed by atoms with Crippen LogP contribution in [0.4, 0.5) is 11.4 Å². The van der Waals surface area contributed by atoms with Crippen LogP contribution in [0.15, 0.2) is 12.1 Å². The van der Waals surface area contributed by atoms with Crippen LogP contribution in [0, 0.1) is 0 Å². The van der Waals surface area contributed by atoms with E-state index in [2.05, 4.69) is 17.1 Å². The van der Waals surface area contributed by atoms with E-state index in [0.29, 0.717) is 22.3 Å². The average Bonchev–Trinajstić information content (AvgIpc) is 3.13. The number of Topliss-reactive ketones (excluding diaryl/α,β-unsaturated/α-hetero) is 1. The fourth-order valence-electron chi connectivity index (χ4n) is 2.39. The van der Waals surface area contributed by atoms with Crippen molar-refractivity contribution in [3.05, 3.63) is 22.7 Å². The first kappa shape index (κ1) is 11.5. The lowest BCUT2D eigenvalue weighted by Crippen LogP contribution is -2.25. The molecule has 0 saturated heterocycles. The van der Waals surface area contributed by atoms with Crippen molar-refractivity contribution in [3.63, 3.8) is 0 Å². The molecule has 1 aromatic carbocycles. The van der Waals surface area contributed by atoms with Gasteiger partial charge >= 0.3 is 0 Å². The van der Waals surface area contributed by atoms with E-state index in [4.69, 9.17) is 11.6 Å². The first-order chi connectivity index (χ1) is 8.61. The Labute approximate surface area is 110 Å². The second kappa shape index (κ2) is 3.99. The van der Waals surface area contributed by atoms with E-state index < -0.39 is 11.7 Å². The molecule has 0 atom stereocenters. The van der Waals surface area contributed by atoms with Crippen molar-refractivity contribution < 1.29 is 9.59 Å². The Morgan fingerprint density at radius 2 is 2.11 bits per heavy atom. The summed E-state index contributed by atoms with van der Waals surface area (Å²) in [6, 6.07) is 3.94. The summed E-state index contributed by atoms with van der Waals surface area (Å²) in [5.41, 5.74) is 1.85. The van der Waals surface area contributed by atoms with Gasteiger partial charge in [-0.15, -0.1) is 0 Å². The molecule has 0 unspecified atom stereocenters. The number of carbonyl (C=O) groups excluding carboxylic acids is 2. The lowest BCUT2D eigenvalue weighted by molar-refractivity contribution is -0.112. The van der Waals surface area contributed by atoms with E-state index in [1.165, 1.54) is 12.8 Å². The zero-order chi connectivity index (χ0) is 12.9. The van der Waals surface area contributed by atoms with Gasteiger partial charge < -0.3 is 10.2 Å². The van der Waals surface area contributed by atoms with Gasteiger partial charge in [-0.2, -0.15) is 0 Å². The fraction of sp³-hybridized carbons (Fsp3) is 0.385. The Morgan fingerprint density at radius 1 is 1.39 bits per heavy atom. The van der Waals surface area contributed by atoms with Gasteiger partial charge in [0.15, 0.2) is 0 Å². The van der Waals surface area contributed by atoms with Crippen LogP contribution >= 0.6 is 11.6 Å². The Morgan fingerprint density at radius 3 is 2.72 bits per heavy atom. The molecule has 1 amide bonds. The van der Waals surface area contributed by atoms with Crippen molar-refractivity contribution in [1.82, 2.24) is 0 Å². The minimum Gasteiger partial charge on any atom is -0.368 e. The molecule has 4 nitrogen and oxygen atoms in total. The van der Waals surface area contributed by atoms with Crippen LogP contribution in [0.1, 0.15) is 30.1 Å². The van der Waals surface area contributed by atoms with Crippen LogP contribution in [0.25, 0.3) is 0 Å². The summed E-state index contributed by atoms with van der Waals surface area (Å²) in [4.78, 5) is 25.1. The Kier molecular flexibility index (Phi) is 2.55. The number of anilines is 2. The van der Waals surface area contributed by atoms with Crippen molar-refractivity contribution in [2.24, 2.45) is 0 Å². The molecule has 1 fully saturated rings. The fourth-order valence-corrected chi connectivity index (χ4v) is 2.66. The molecule has 1 aliphatic heterocycles. The molecule has 0 radical (unpaired) electrons. The molecule has 0 aromatic heterocycles. The number of benzene rings is 1. The van der Waals surface area contributed by atoms with Gasteiger partial charge in [-0.25, -0.2) is 0 Å². The Balaban J connectivity index is 2.05. The maximum Gasteiger partial charge on any atom is 0.296 e. The Bertz CT molecular complexity index is 552. The van der Waals surface area contributed by atoms with Crippen molar-refractivity contribution in [3.8, 4) is 0 Å². The van der Waals surface area contributed by atoms with Crippen molar-refractivity contribution in [1.29, 1.82) is 0 Å². The molecule has 5 heteroatoms. The minimum absolute atomic E-state index is 0.376. The molecule has 18 heavy (non-hydrogen) atoms. The predicted molar refractivity (Wildman–Crippen MR) is 70.5 cm³/mol. The monoisotopic (exact) mass is 264 g/mol. The standard InChI is InChI=1S/C13H13ClN2O2/c1-2-16(7-3-4-7)11-6-10-8(5-9(11)14)12(17)13(18)15-10/h5-7H,2-4H2,1H3,(H,15,17,18). The number of hydrogen-bond acceptors (Lipinski definition) is 3. The zero-order valence-electron chi connectivity index (χ0n) is 10.00. The number of halogens is 1. The topological polar surface area (TPSA) is 49.4 Å². The number of nitrogens with one attached hydrogen (secondary N) is 1. The summed E-state index contributed by atoms with van der Waals surface area (Å²) in [5.74, 6) is -1.08. The van der Waals surface area contributed by atoms with Gasteiger partial charge in [0.25, 0.3) is 11.7 Å². The van der Waals surface area contributed by atoms with E-state index in [1.807, 2.05) is 6.07 Å². The molecule has 1 aliphatic carbocycles. The van der Waals surface area contributed by atoms with Gasteiger partial charge in [0.05, 0.1) is 22.0 Å². The molecule has 1 aromatic rings. The van der Waals surface area contributed by atoms with E-state index >= 15 is 0 Å². The van der Waals surface area contributed by atoms with E-state index in [-0.39, 0.29) is 0 Å². The van der Waals surface area contributed by atoms with Gasteiger partial charge in [0.1, 0.15) is 0 Å². The van der Waals surface area contributed by atoms with Crippen LogP contribution in [-0.4, -0.2) is 24.3 Å². The summed E-state index contributed by atoms with van der Waals surface area (Å²) >= 11 is 6.23. The minimum atomic E-state index is -0.576. The van der Waals surface area contributed by atoms with Crippen LogP contribution < -0.4 is 10.2 Å². The number of rotatable bonds is 3. The third-order valence-electron chi connectivity index (χ3n) is 3.42. The largest absolute Gasteiger partial charge is 0.368 e. The average molecular weight is 265 g/mol. The third kappa shape index (κ3) is 1.68. The predicted octanol–water partition coefficient (Wildman–Crippen LogP) is 2.46. The number of hydrogen-bond donors (Lipinski definition) is 1. The van der Waals surface area contributed by atoms with Crippen LogP contribution in [0.5, 0.6) is 0 Å². The lowest BCUT2D eigenvalue weighted by Gasteiger charge is -2.24. The maximum absolute atomic E-state index is 11.6. The maximum atomic E-state index is 11.6. The lowest BCUT2D eigenvalue weighted by atomic mass is 10.1. The molecular formula is C13H13ClN2O2. The molecule has 3 rings (SSSR count). The number of fused-ring (bicyclic) bond motifs is 1. The molecule has 0 spiro atoms. The zero-order valence-corrected chi connectivity index (χ0v) is 10.8. The second-order valence-electron chi connectivity index (χ2n) is 4.65. The first-order valence-electron chi connectivity index (χ1n) is 6.07. The van der Waals surface area contributed by atoms with Gasteiger partial charge in [-0.3, -0.25) is 9.59 Å². The number of nitrogens with zero attached hydrogens (tertiary/aromatic N) is 1. The number of carbonyl (C=O) groups is 2. The summed E-state index contributed by atoms with van der Waals surface area (Å²) in [7, 11) is 0. The van der Waals surface area contributed by atoms with Gasteiger partial charge in [-0.1, -0.05) is 11.6 Å². The van der Waals surface area contributed by atoms with Crippen molar-refractivity contribution >= 4 is 34.7 Å². The molecule has 1 N–H and O–H groups in total. The molecule has 1 heterocycles. The highest BCUT2D eigenvalue weighted by Crippen LogP contribution is 2.39. The quantitative estimate of drug-likeness (QED) is 0.853. The molecule has 2 aliphatic rings. The summed E-state index contributed by atoms with van der Waals surface area (Å²) in [6.07, 6.45) is 2.35. The van der Waals surface area contributed by atoms with E-state index in [9.17, 15) is 9.59 Å². The second-order valence-corrected chi connectivity index (χ2v) is 5.06. The van der Waals surface area contributed by atoms with Crippen molar-refractivity contribution in [2.75, 3.05) is 16.8 Å². The third-order valence-corrected chi connectivity index (χ3v) is 3.73. The highest BCUT2D eigenvalue weighted by molar-refractivity contribution is 6.52. The summed E-state index contributed by atoms with van der Waals surface area (Å²) < 4.78 is 0. The molecule has 94 valence electrons. The number of ketones is 1. The van der Waals surface area contributed by atoms with Gasteiger partial charge in [0.2, 0.25) is 0 Å². The highest BCUT2D eigenvalue weighted by atomic mass is 35.5. The first-order valence-corrected chi connectivity index (χ1v) is 6.45. The molecular weight excluding hydrogens is 252 g/mol. The van der Waals surface area contributed by atoms with Gasteiger partial charge in [0, 0.05) is 12.6 Å². The van der Waals surface area contributed by atoms with E-state index in [0.717, 1.165) is 12.2 Å². The van der Waals surface area contributed by atoms with E-state index in [1.54, 1.807) is 6.07 Å². The smallest absolute Gasteiger partial charge is 0.296 e. The molecule has 0 bridgehead atoms. The van der Waals surface area contributed by atoms with Crippen LogP contribution in [0.3, 0.4) is 0 Å². The SMILES string of the molecule is CCN(c1cc2c(cc1Cl)C(=O)C(=O)N2)C1CC1. The summed E-state index contributed by atoms with van der Waals surface area (Å²) in [5, 5.41) is 3.11. The number of amides is 1. The Hall–Kier alpha value is -1.55. The molecule has 1 saturated carbocycles.